The zero-order valence-corrected chi connectivity index (χ0v) is 17.3. The molecule has 0 amide bonds. The van der Waals surface area contributed by atoms with E-state index in [0.29, 0.717) is 29.9 Å². The van der Waals surface area contributed by atoms with E-state index in [1.54, 1.807) is 6.20 Å². The molecule has 0 spiro atoms. The highest BCUT2D eigenvalue weighted by molar-refractivity contribution is 6.31. The van der Waals surface area contributed by atoms with Crippen molar-refractivity contribution in [1.29, 1.82) is 0 Å². The lowest BCUT2D eigenvalue weighted by Crippen LogP contribution is -2.17. The summed E-state index contributed by atoms with van der Waals surface area (Å²) in [5.74, 6) is 0.950. The Kier molecular flexibility index (Phi) is 5.54. The van der Waals surface area contributed by atoms with E-state index < -0.39 is 4.92 Å². The van der Waals surface area contributed by atoms with Gasteiger partial charge in [-0.05, 0) is 24.6 Å². The van der Waals surface area contributed by atoms with Crippen molar-refractivity contribution in [2.24, 2.45) is 0 Å². The fraction of sp³-hybridized carbons (Fsp3) is 0.150. The predicted molar refractivity (Wildman–Crippen MR) is 120 cm³/mol. The van der Waals surface area contributed by atoms with E-state index >= 15 is 0 Å². The lowest BCUT2D eigenvalue weighted by Gasteiger charge is -2.13. The highest BCUT2D eigenvalue weighted by Crippen LogP contribution is 2.28. The first-order valence-corrected chi connectivity index (χ1v) is 9.80. The first kappa shape index (κ1) is 20.4. The van der Waals surface area contributed by atoms with E-state index in [-0.39, 0.29) is 11.5 Å². The lowest BCUT2D eigenvalue weighted by molar-refractivity contribution is -0.384. The molecule has 10 nitrogen and oxygen atoms in total. The first-order valence-electron chi connectivity index (χ1n) is 9.42. The topological polar surface area (TPSA) is 136 Å². The van der Waals surface area contributed by atoms with E-state index in [2.05, 4.69) is 20.6 Å². The summed E-state index contributed by atoms with van der Waals surface area (Å²) < 4.78 is 1.85. The highest BCUT2D eigenvalue weighted by Gasteiger charge is 2.13. The van der Waals surface area contributed by atoms with E-state index in [1.807, 2.05) is 41.8 Å². The van der Waals surface area contributed by atoms with Crippen molar-refractivity contribution in [1.82, 2.24) is 19.4 Å². The zero-order valence-electron chi connectivity index (χ0n) is 16.5. The maximum absolute atomic E-state index is 10.8. The Bertz CT molecular complexity index is 1270. The van der Waals surface area contributed by atoms with Crippen LogP contribution in [0.3, 0.4) is 0 Å². The van der Waals surface area contributed by atoms with Gasteiger partial charge in [-0.1, -0.05) is 23.7 Å². The van der Waals surface area contributed by atoms with Crippen LogP contribution < -0.4 is 16.4 Å². The van der Waals surface area contributed by atoms with Gasteiger partial charge in [0.2, 0.25) is 11.8 Å². The molecule has 0 saturated carbocycles. The summed E-state index contributed by atoms with van der Waals surface area (Å²) in [6.07, 6.45) is 3.53. The smallest absolute Gasteiger partial charge is 0.311 e. The minimum atomic E-state index is -0.565. The molecule has 1 aromatic carbocycles. The number of rotatable bonds is 7. The number of anilines is 3. The van der Waals surface area contributed by atoms with Crippen molar-refractivity contribution in [2.75, 3.05) is 29.5 Å². The number of hydrogen-bond acceptors (Lipinski definition) is 8. The number of fused-ring (bicyclic) bond motifs is 1. The number of nitrogens with two attached hydrogens (primary N) is 1. The van der Waals surface area contributed by atoms with Gasteiger partial charge in [-0.25, -0.2) is 15.0 Å². The molecule has 3 heterocycles. The second kappa shape index (κ2) is 8.44. The number of nitro groups is 1. The number of imidazole rings is 1. The minimum Gasteiger partial charge on any atom is -0.378 e. The van der Waals surface area contributed by atoms with Gasteiger partial charge in [0.05, 0.1) is 10.6 Å². The molecule has 0 bridgehead atoms. The SMILES string of the molecule is Cc1c(Cl)cccc1-c1cc2nccn2c(NCCNc2ccc([N+](=O)[O-])c(N)n2)n1. The van der Waals surface area contributed by atoms with Crippen molar-refractivity contribution >= 4 is 40.5 Å². The normalized spacial score (nSPS) is 10.9. The first-order chi connectivity index (χ1) is 14.9. The molecule has 0 atom stereocenters. The second-order valence-corrected chi connectivity index (χ2v) is 7.15. The molecule has 31 heavy (non-hydrogen) atoms. The molecule has 4 N–H and O–H groups in total. The summed E-state index contributed by atoms with van der Waals surface area (Å²) in [7, 11) is 0. The average Bonchev–Trinajstić information content (AvgIpc) is 3.21. The van der Waals surface area contributed by atoms with E-state index in [9.17, 15) is 10.1 Å². The summed E-state index contributed by atoms with van der Waals surface area (Å²) >= 11 is 6.27. The van der Waals surface area contributed by atoms with Gasteiger partial charge in [-0.15, -0.1) is 0 Å². The van der Waals surface area contributed by atoms with Gasteiger partial charge in [-0.2, -0.15) is 0 Å². The average molecular weight is 439 g/mol. The number of halogens is 1. The predicted octanol–water partition coefficient (Wildman–Crippen LogP) is 3.77. The van der Waals surface area contributed by atoms with E-state index in [0.717, 1.165) is 22.5 Å². The highest BCUT2D eigenvalue weighted by atomic mass is 35.5. The number of nitrogens with one attached hydrogen (secondary N) is 2. The van der Waals surface area contributed by atoms with Crippen LogP contribution in [0.2, 0.25) is 5.02 Å². The molecule has 3 aromatic heterocycles. The van der Waals surface area contributed by atoms with Crippen LogP contribution in [-0.2, 0) is 0 Å². The van der Waals surface area contributed by atoms with E-state index in [4.69, 9.17) is 22.3 Å². The van der Waals surface area contributed by atoms with Gasteiger partial charge in [-0.3, -0.25) is 14.5 Å². The maximum Gasteiger partial charge on any atom is 0.311 e. The molecule has 0 aliphatic rings. The van der Waals surface area contributed by atoms with Crippen LogP contribution >= 0.6 is 11.6 Å². The van der Waals surface area contributed by atoms with Gasteiger partial charge in [0, 0.05) is 48.2 Å². The number of nitrogens with zero attached hydrogens (tertiary/aromatic N) is 5. The van der Waals surface area contributed by atoms with E-state index in [1.165, 1.54) is 12.1 Å². The monoisotopic (exact) mass is 438 g/mol. The molecule has 0 unspecified atom stereocenters. The van der Waals surface area contributed by atoms with Crippen molar-refractivity contribution < 1.29 is 4.92 Å². The van der Waals surface area contributed by atoms with Crippen LogP contribution in [0.1, 0.15) is 5.56 Å². The Balaban J connectivity index is 1.50. The fourth-order valence-corrected chi connectivity index (χ4v) is 3.33. The largest absolute Gasteiger partial charge is 0.378 e. The molecule has 0 saturated heterocycles. The third-order valence-electron chi connectivity index (χ3n) is 4.75. The molecular formula is C20H19ClN8O2. The van der Waals surface area contributed by atoms with Crippen LogP contribution in [0, 0.1) is 17.0 Å². The van der Waals surface area contributed by atoms with Gasteiger partial charge in [0.1, 0.15) is 11.5 Å². The molecular weight excluding hydrogens is 420 g/mol. The number of pyridine rings is 1. The van der Waals surface area contributed by atoms with Gasteiger partial charge in [0.15, 0.2) is 0 Å². The van der Waals surface area contributed by atoms with Crippen LogP contribution in [0.5, 0.6) is 0 Å². The summed E-state index contributed by atoms with van der Waals surface area (Å²) in [6, 6.07) is 10.5. The van der Waals surface area contributed by atoms with Crippen LogP contribution in [0.15, 0.2) is 48.8 Å². The van der Waals surface area contributed by atoms with Crippen LogP contribution in [0.4, 0.5) is 23.3 Å². The fourth-order valence-electron chi connectivity index (χ4n) is 3.16. The molecule has 0 aliphatic heterocycles. The summed E-state index contributed by atoms with van der Waals surface area (Å²) in [4.78, 5) is 23.4. The molecule has 0 aliphatic carbocycles. The number of benzene rings is 1. The molecule has 0 radical (unpaired) electrons. The van der Waals surface area contributed by atoms with Crippen LogP contribution in [-0.4, -0.2) is 37.4 Å². The lowest BCUT2D eigenvalue weighted by atomic mass is 10.1. The van der Waals surface area contributed by atoms with Crippen molar-refractivity contribution in [3.8, 4) is 11.3 Å². The number of aromatic nitrogens is 4. The maximum atomic E-state index is 10.8. The molecule has 11 heteroatoms. The molecule has 4 rings (SSSR count). The Morgan fingerprint density at radius 1 is 1.19 bits per heavy atom. The van der Waals surface area contributed by atoms with Gasteiger partial charge in [0.25, 0.3) is 0 Å². The standard InChI is InChI=1S/C20H19ClN8O2/c1-12-13(3-2-4-14(12)21)15-11-18-24-9-10-28(18)20(26-15)25-8-7-23-17-6-5-16(29(30)31)19(22)27-17/h2-6,9-11H,7-8H2,1H3,(H,25,26)(H3,22,23,27). The summed E-state index contributed by atoms with van der Waals surface area (Å²) in [5.41, 5.74) is 8.80. The van der Waals surface area contributed by atoms with Crippen molar-refractivity contribution in [2.45, 2.75) is 6.92 Å². The Labute approximate surface area is 182 Å². The Morgan fingerprint density at radius 2 is 2.00 bits per heavy atom. The third-order valence-corrected chi connectivity index (χ3v) is 5.16. The molecule has 0 fully saturated rings. The van der Waals surface area contributed by atoms with Crippen molar-refractivity contribution in [3.63, 3.8) is 0 Å². The molecule has 4 aromatic rings. The Morgan fingerprint density at radius 3 is 2.77 bits per heavy atom. The summed E-state index contributed by atoms with van der Waals surface area (Å²) in [5, 5.41) is 17.9. The third kappa shape index (κ3) is 4.19. The number of hydrogen-bond donors (Lipinski definition) is 3. The number of nitrogen functional groups attached to an aromatic ring is 1. The second-order valence-electron chi connectivity index (χ2n) is 6.74. The Hall–Kier alpha value is -3.92. The quantitative estimate of drug-likeness (QED) is 0.225. The van der Waals surface area contributed by atoms with Gasteiger partial charge < -0.3 is 16.4 Å². The van der Waals surface area contributed by atoms with Crippen LogP contribution in [0.25, 0.3) is 16.9 Å². The minimum absolute atomic E-state index is 0.130. The summed E-state index contributed by atoms with van der Waals surface area (Å²) in [6.45, 7) is 2.95. The van der Waals surface area contributed by atoms with Crippen molar-refractivity contribution in [3.05, 3.63) is 69.5 Å². The zero-order chi connectivity index (χ0) is 22.0. The van der Waals surface area contributed by atoms with Gasteiger partial charge >= 0.3 is 5.69 Å². The molecule has 158 valence electrons.